The van der Waals surface area contributed by atoms with Crippen LogP contribution < -0.4 is 5.73 Å². The number of benzene rings is 7. The van der Waals surface area contributed by atoms with E-state index in [0.717, 1.165) is 5.69 Å². The van der Waals surface area contributed by atoms with Crippen LogP contribution in [0.15, 0.2) is 103 Å². The van der Waals surface area contributed by atoms with Crippen molar-refractivity contribution in [3.05, 3.63) is 103 Å². The Morgan fingerprint density at radius 3 is 1.29 bits per heavy atom. The molecule has 1 nitrogen and oxygen atoms in total. The summed E-state index contributed by atoms with van der Waals surface area (Å²) in [5.74, 6) is 0. The van der Waals surface area contributed by atoms with Gasteiger partial charge in [-0.25, -0.2) is 0 Å². The first kappa shape index (κ1) is 16.7. The largest absolute Gasteiger partial charge is 0.399 e. The maximum absolute atomic E-state index is 6.00. The molecule has 7 rings (SSSR count). The predicted molar refractivity (Wildman–Crippen MR) is 136 cm³/mol. The molecule has 2 N–H and O–H groups in total. The Bertz CT molecular complexity index is 1840. The fourth-order valence-corrected chi connectivity index (χ4v) is 5.02. The standard InChI is InChI=1S/C30H19N/c31-28-8-7-20-11-27-17-30-22(13-24(27)14-25(20)15-28)6-5-21-12-23-9-18-3-1-2-4-19(18)10-26(23)16-29(21)30/h1-17H,31H2. The van der Waals surface area contributed by atoms with E-state index in [0.29, 0.717) is 0 Å². The van der Waals surface area contributed by atoms with Crippen molar-refractivity contribution >= 4 is 70.3 Å². The first-order chi connectivity index (χ1) is 15.2. The SMILES string of the molecule is Nc1ccc2cc3cc4c(ccc5cc6cc7ccccc7cc6cc54)cc3cc2c1. The fourth-order valence-electron chi connectivity index (χ4n) is 5.02. The van der Waals surface area contributed by atoms with Crippen molar-refractivity contribution in [1.82, 2.24) is 0 Å². The van der Waals surface area contributed by atoms with Gasteiger partial charge in [0.05, 0.1) is 0 Å². The van der Waals surface area contributed by atoms with Gasteiger partial charge in [0.2, 0.25) is 0 Å². The lowest BCUT2D eigenvalue weighted by atomic mass is 9.94. The number of hydrogen-bond acceptors (Lipinski definition) is 1. The van der Waals surface area contributed by atoms with E-state index in [2.05, 4.69) is 97.1 Å². The van der Waals surface area contributed by atoms with Crippen molar-refractivity contribution in [2.45, 2.75) is 0 Å². The van der Waals surface area contributed by atoms with Crippen LogP contribution in [0.1, 0.15) is 0 Å². The highest BCUT2D eigenvalue weighted by atomic mass is 14.5. The maximum atomic E-state index is 6.00. The molecule has 0 fully saturated rings. The Morgan fingerprint density at radius 2 is 0.710 bits per heavy atom. The number of fused-ring (bicyclic) bond motifs is 7. The van der Waals surface area contributed by atoms with Crippen LogP contribution in [0.3, 0.4) is 0 Å². The number of anilines is 1. The van der Waals surface area contributed by atoms with Gasteiger partial charge in [-0.2, -0.15) is 0 Å². The molecule has 0 saturated carbocycles. The highest BCUT2D eigenvalue weighted by molar-refractivity contribution is 6.17. The van der Waals surface area contributed by atoms with Crippen LogP contribution in [0.2, 0.25) is 0 Å². The molecule has 0 radical (unpaired) electrons. The zero-order chi connectivity index (χ0) is 20.5. The zero-order valence-electron chi connectivity index (χ0n) is 16.9. The van der Waals surface area contributed by atoms with Gasteiger partial charge in [0.25, 0.3) is 0 Å². The van der Waals surface area contributed by atoms with Crippen LogP contribution in [0.5, 0.6) is 0 Å². The normalized spacial score (nSPS) is 12.0. The summed E-state index contributed by atoms with van der Waals surface area (Å²) < 4.78 is 0. The van der Waals surface area contributed by atoms with Gasteiger partial charge in [0.15, 0.2) is 0 Å². The van der Waals surface area contributed by atoms with Gasteiger partial charge in [-0.05, 0) is 125 Å². The Balaban J connectivity index is 1.58. The van der Waals surface area contributed by atoms with E-state index in [9.17, 15) is 0 Å². The third kappa shape index (κ3) is 2.50. The molecule has 0 unspecified atom stereocenters. The Kier molecular flexibility index (Phi) is 3.21. The highest BCUT2D eigenvalue weighted by Gasteiger charge is 2.07. The van der Waals surface area contributed by atoms with Crippen molar-refractivity contribution in [3.8, 4) is 0 Å². The summed E-state index contributed by atoms with van der Waals surface area (Å²) in [4.78, 5) is 0. The van der Waals surface area contributed by atoms with Gasteiger partial charge in [-0.15, -0.1) is 0 Å². The maximum Gasteiger partial charge on any atom is 0.0320 e. The van der Waals surface area contributed by atoms with Crippen LogP contribution >= 0.6 is 0 Å². The molecular formula is C30H19N. The number of nitrogen functional groups attached to an aromatic ring is 1. The zero-order valence-corrected chi connectivity index (χ0v) is 16.9. The minimum absolute atomic E-state index is 0.804. The molecule has 7 aromatic rings. The topological polar surface area (TPSA) is 26.0 Å². The monoisotopic (exact) mass is 393 g/mol. The quantitative estimate of drug-likeness (QED) is 0.157. The van der Waals surface area contributed by atoms with Crippen LogP contribution in [0.4, 0.5) is 5.69 Å². The molecule has 31 heavy (non-hydrogen) atoms. The number of hydrogen-bond donors (Lipinski definition) is 1. The minimum Gasteiger partial charge on any atom is -0.399 e. The molecular weight excluding hydrogens is 374 g/mol. The average molecular weight is 393 g/mol. The van der Waals surface area contributed by atoms with Gasteiger partial charge in [0.1, 0.15) is 0 Å². The molecule has 7 aromatic carbocycles. The molecule has 144 valence electrons. The predicted octanol–water partition coefficient (Wildman–Crippen LogP) is 8.19. The van der Waals surface area contributed by atoms with Crippen LogP contribution in [0.25, 0.3) is 64.6 Å². The lowest BCUT2D eigenvalue weighted by Gasteiger charge is -2.10. The summed E-state index contributed by atoms with van der Waals surface area (Å²) in [5, 5.41) is 15.2. The molecule has 0 atom stereocenters. The van der Waals surface area contributed by atoms with Gasteiger partial charge in [-0.3, -0.25) is 0 Å². The molecule has 0 aromatic heterocycles. The van der Waals surface area contributed by atoms with Crippen molar-refractivity contribution in [3.63, 3.8) is 0 Å². The third-order valence-electron chi connectivity index (χ3n) is 6.59. The third-order valence-corrected chi connectivity index (χ3v) is 6.59. The summed E-state index contributed by atoms with van der Waals surface area (Å²) in [6.45, 7) is 0. The van der Waals surface area contributed by atoms with Crippen molar-refractivity contribution < 1.29 is 0 Å². The summed E-state index contributed by atoms with van der Waals surface area (Å²) in [7, 11) is 0. The van der Waals surface area contributed by atoms with E-state index in [1.165, 1.54) is 64.6 Å². The number of rotatable bonds is 0. The van der Waals surface area contributed by atoms with Crippen LogP contribution in [-0.2, 0) is 0 Å². The fraction of sp³-hybridized carbons (Fsp3) is 0. The second-order valence-electron chi connectivity index (χ2n) is 8.56. The van der Waals surface area contributed by atoms with Gasteiger partial charge >= 0.3 is 0 Å². The summed E-state index contributed by atoms with van der Waals surface area (Å²) in [5.41, 5.74) is 6.80. The Hall–Kier alpha value is -4.10. The van der Waals surface area contributed by atoms with E-state index in [-0.39, 0.29) is 0 Å². The lowest BCUT2D eigenvalue weighted by molar-refractivity contribution is 1.75. The molecule has 1 heteroatoms. The molecule has 0 aliphatic carbocycles. The summed E-state index contributed by atoms with van der Waals surface area (Å²) in [6.07, 6.45) is 0. The van der Waals surface area contributed by atoms with Crippen LogP contribution in [-0.4, -0.2) is 0 Å². The average Bonchev–Trinajstić information content (AvgIpc) is 2.79. The van der Waals surface area contributed by atoms with E-state index < -0.39 is 0 Å². The minimum atomic E-state index is 0.804. The van der Waals surface area contributed by atoms with E-state index >= 15 is 0 Å². The second-order valence-corrected chi connectivity index (χ2v) is 8.56. The van der Waals surface area contributed by atoms with E-state index in [4.69, 9.17) is 5.73 Å². The van der Waals surface area contributed by atoms with Gasteiger partial charge in [-0.1, -0.05) is 42.5 Å². The van der Waals surface area contributed by atoms with E-state index in [1.54, 1.807) is 0 Å². The molecule has 0 heterocycles. The van der Waals surface area contributed by atoms with Crippen molar-refractivity contribution in [2.75, 3.05) is 5.73 Å². The van der Waals surface area contributed by atoms with Crippen molar-refractivity contribution in [1.29, 1.82) is 0 Å². The molecule has 0 saturated heterocycles. The van der Waals surface area contributed by atoms with Gasteiger partial charge < -0.3 is 5.73 Å². The Labute approximate surface area is 179 Å². The van der Waals surface area contributed by atoms with Crippen molar-refractivity contribution in [2.24, 2.45) is 0 Å². The Morgan fingerprint density at radius 1 is 0.323 bits per heavy atom. The summed E-state index contributed by atoms with van der Waals surface area (Å²) >= 11 is 0. The smallest absolute Gasteiger partial charge is 0.0320 e. The highest BCUT2D eigenvalue weighted by Crippen LogP contribution is 2.35. The first-order valence-electron chi connectivity index (χ1n) is 10.6. The molecule has 0 bridgehead atoms. The molecule has 0 aliphatic rings. The van der Waals surface area contributed by atoms with E-state index in [1.807, 2.05) is 6.07 Å². The lowest BCUT2D eigenvalue weighted by Crippen LogP contribution is -1.85. The molecule has 0 spiro atoms. The molecule has 0 amide bonds. The molecule has 0 aliphatic heterocycles. The van der Waals surface area contributed by atoms with Gasteiger partial charge in [0, 0.05) is 5.69 Å². The summed E-state index contributed by atoms with van der Waals surface area (Å²) in [6, 6.07) is 37.7. The second kappa shape index (κ2) is 5.96. The van der Waals surface area contributed by atoms with Crippen LogP contribution in [0, 0.1) is 0 Å². The number of nitrogens with two attached hydrogens (primary N) is 1. The first-order valence-corrected chi connectivity index (χ1v) is 10.6.